The lowest BCUT2D eigenvalue weighted by atomic mass is 9.92. The molecule has 1 heteroatoms. The molecule has 0 radical (unpaired) electrons. The van der Waals surface area contributed by atoms with Crippen LogP contribution in [-0.2, 0) is 4.79 Å². The summed E-state index contributed by atoms with van der Waals surface area (Å²) in [6.45, 7) is 8.12. The van der Waals surface area contributed by atoms with Crippen LogP contribution < -0.4 is 0 Å². The van der Waals surface area contributed by atoms with Gasteiger partial charge in [0.2, 0.25) is 0 Å². The minimum absolute atomic E-state index is 0.261. The molecule has 0 N–H and O–H groups in total. The van der Waals surface area contributed by atoms with Crippen LogP contribution in [0.5, 0.6) is 0 Å². The summed E-state index contributed by atoms with van der Waals surface area (Å²) in [7, 11) is 0. The maximum absolute atomic E-state index is 10.9. The summed E-state index contributed by atoms with van der Waals surface area (Å²) in [5, 5.41) is 0. The van der Waals surface area contributed by atoms with Gasteiger partial charge in [-0.1, -0.05) is 33.6 Å². The minimum atomic E-state index is 0.261. The van der Waals surface area contributed by atoms with Crippen molar-refractivity contribution in [3.8, 4) is 0 Å². The van der Waals surface area contributed by atoms with E-state index in [0.717, 1.165) is 6.42 Å². The topological polar surface area (TPSA) is 17.1 Å². The van der Waals surface area contributed by atoms with Crippen LogP contribution in [0.3, 0.4) is 0 Å². The van der Waals surface area contributed by atoms with Gasteiger partial charge in [-0.3, -0.25) is 4.79 Å². The van der Waals surface area contributed by atoms with Crippen LogP contribution in [0.4, 0.5) is 0 Å². The number of ketones is 1. The first-order valence-electron chi connectivity index (χ1n) is 4.58. The maximum atomic E-state index is 10.9. The van der Waals surface area contributed by atoms with Crippen LogP contribution in [0.1, 0.15) is 47.0 Å². The van der Waals surface area contributed by atoms with Crippen LogP contribution in [0, 0.1) is 11.8 Å². The highest BCUT2D eigenvalue weighted by Crippen LogP contribution is 2.16. The Hall–Kier alpha value is -0.330. The third-order valence-corrected chi connectivity index (χ3v) is 2.23. The van der Waals surface area contributed by atoms with Gasteiger partial charge in [0.15, 0.2) is 0 Å². The van der Waals surface area contributed by atoms with Gasteiger partial charge in [0.1, 0.15) is 5.78 Å². The van der Waals surface area contributed by atoms with Crippen molar-refractivity contribution in [3.05, 3.63) is 0 Å². The Morgan fingerprint density at radius 1 is 1.36 bits per heavy atom. The third-order valence-electron chi connectivity index (χ3n) is 2.23. The highest BCUT2D eigenvalue weighted by atomic mass is 16.1. The summed E-state index contributed by atoms with van der Waals surface area (Å²) in [5.41, 5.74) is 0. The number of carbonyl (C=O) groups is 1. The third kappa shape index (κ3) is 5.00. The molecule has 0 rings (SSSR count). The van der Waals surface area contributed by atoms with E-state index in [1.165, 1.54) is 12.8 Å². The molecular formula is C10H20O. The van der Waals surface area contributed by atoms with E-state index < -0.39 is 0 Å². The number of hydrogen-bond donors (Lipinski definition) is 0. The molecule has 0 spiro atoms. The second kappa shape index (κ2) is 5.34. The van der Waals surface area contributed by atoms with E-state index in [1.807, 2.05) is 6.92 Å². The molecule has 0 heterocycles. The number of hydrogen-bond acceptors (Lipinski definition) is 1. The van der Waals surface area contributed by atoms with Crippen LogP contribution in [0.2, 0.25) is 0 Å². The Kier molecular flexibility index (Phi) is 5.18. The van der Waals surface area contributed by atoms with Crippen molar-refractivity contribution >= 4 is 5.78 Å². The molecule has 0 saturated heterocycles. The van der Waals surface area contributed by atoms with Crippen LogP contribution in [0.25, 0.3) is 0 Å². The second-order valence-corrected chi connectivity index (χ2v) is 3.64. The van der Waals surface area contributed by atoms with Crippen molar-refractivity contribution in [3.63, 3.8) is 0 Å². The molecular weight excluding hydrogens is 136 g/mol. The van der Waals surface area contributed by atoms with E-state index in [0.29, 0.717) is 11.7 Å². The van der Waals surface area contributed by atoms with Crippen molar-refractivity contribution in [2.24, 2.45) is 11.8 Å². The maximum Gasteiger partial charge on any atom is 0.132 e. The quantitative estimate of drug-likeness (QED) is 0.598. The zero-order chi connectivity index (χ0) is 8.85. The molecule has 1 nitrogen and oxygen atoms in total. The van der Waals surface area contributed by atoms with E-state index in [-0.39, 0.29) is 5.92 Å². The normalized spacial score (nSPS) is 16.0. The lowest BCUT2D eigenvalue weighted by Crippen LogP contribution is -2.10. The van der Waals surface area contributed by atoms with Crippen molar-refractivity contribution in [1.29, 1.82) is 0 Å². The van der Waals surface area contributed by atoms with Gasteiger partial charge in [0.05, 0.1) is 0 Å². The fourth-order valence-electron chi connectivity index (χ4n) is 1.38. The van der Waals surface area contributed by atoms with Gasteiger partial charge in [-0.05, 0) is 19.3 Å². The Balaban J connectivity index is 3.56. The molecule has 66 valence electrons. The van der Waals surface area contributed by atoms with Crippen LogP contribution >= 0.6 is 0 Å². The molecule has 0 aromatic heterocycles. The van der Waals surface area contributed by atoms with Crippen molar-refractivity contribution < 1.29 is 4.79 Å². The number of carbonyl (C=O) groups excluding carboxylic acids is 1. The van der Waals surface area contributed by atoms with E-state index in [9.17, 15) is 4.79 Å². The van der Waals surface area contributed by atoms with Crippen LogP contribution in [-0.4, -0.2) is 5.78 Å². The lowest BCUT2D eigenvalue weighted by molar-refractivity contribution is -0.120. The molecule has 0 aromatic rings. The lowest BCUT2D eigenvalue weighted by Gasteiger charge is -2.13. The zero-order valence-electron chi connectivity index (χ0n) is 8.18. The standard InChI is InChI=1S/C10H20O/c1-5-6-8(2)7-9(3)10(4)11/h8-9H,5-7H2,1-4H3/t8-,9-/m1/s1. The molecule has 0 aliphatic carbocycles. The molecule has 0 bridgehead atoms. The molecule has 0 saturated carbocycles. The summed E-state index contributed by atoms with van der Waals surface area (Å²) >= 11 is 0. The fourth-order valence-corrected chi connectivity index (χ4v) is 1.38. The Morgan fingerprint density at radius 3 is 2.27 bits per heavy atom. The second-order valence-electron chi connectivity index (χ2n) is 3.64. The van der Waals surface area contributed by atoms with E-state index >= 15 is 0 Å². The average Bonchev–Trinajstić information content (AvgIpc) is 1.87. The largest absolute Gasteiger partial charge is 0.300 e. The van der Waals surface area contributed by atoms with Gasteiger partial charge in [-0.2, -0.15) is 0 Å². The van der Waals surface area contributed by atoms with Gasteiger partial charge in [-0.15, -0.1) is 0 Å². The van der Waals surface area contributed by atoms with Crippen molar-refractivity contribution in [2.45, 2.75) is 47.0 Å². The minimum Gasteiger partial charge on any atom is -0.300 e. The van der Waals surface area contributed by atoms with Gasteiger partial charge >= 0.3 is 0 Å². The average molecular weight is 156 g/mol. The van der Waals surface area contributed by atoms with Crippen molar-refractivity contribution in [1.82, 2.24) is 0 Å². The predicted molar refractivity (Wildman–Crippen MR) is 48.5 cm³/mol. The molecule has 2 atom stereocenters. The summed E-state index contributed by atoms with van der Waals surface area (Å²) in [6, 6.07) is 0. The molecule has 11 heavy (non-hydrogen) atoms. The first kappa shape index (κ1) is 10.7. The first-order valence-corrected chi connectivity index (χ1v) is 4.58. The molecule has 0 fully saturated rings. The Labute approximate surface area is 70.2 Å². The zero-order valence-corrected chi connectivity index (χ0v) is 8.18. The first-order chi connectivity index (χ1) is 5.07. The summed E-state index contributed by atoms with van der Waals surface area (Å²) in [4.78, 5) is 10.9. The molecule has 0 amide bonds. The SMILES string of the molecule is CCC[C@@H](C)C[C@@H](C)C(C)=O. The van der Waals surface area contributed by atoms with E-state index in [1.54, 1.807) is 6.92 Å². The summed E-state index contributed by atoms with van der Waals surface area (Å²) < 4.78 is 0. The summed E-state index contributed by atoms with van der Waals surface area (Å²) in [6.07, 6.45) is 3.53. The fraction of sp³-hybridized carbons (Fsp3) is 0.900. The predicted octanol–water partition coefficient (Wildman–Crippen LogP) is 3.04. The molecule has 0 aliphatic rings. The molecule has 0 aliphatic heterocycles. The Bertz CT molecular complexity index is 118. The smallest absolute Gasteiger partial charge is 0.132 e. The number of rotatable bonds is 5. The highest BCUT2D eigenvalue weighted by Gasteiger charge is 2.11. The monoisotopic (exact) mass is 156 g/mol. The van der Waals surface area contributed by atoms with Crippen molar-refractivity contribution in [2.75, 3.05) is 0 Å². The number of Topliss-reactive ketones (excluding diaryl/α,β-unsaturated/α-hetero) is 1. The van der Waals surface area contributed by atoms with Crippen LogP contribution in [0.15, 0.2) is 0 Å². The molecule has 0 unspecified atom stereocenters. The van der Waals surface area contributed by atoms with Gasteiger partial charge < -0.3 is 0 Å². The highest BCUT2D eigenvalue weighted by molar-refractivity contribution is 5.77. The summed E-state index contributed by atoms with van der Waals surface area (Å²) in [5.74, 6) is 1.29. The van der Waals surface area contributed by atoms with Gasteiger partial charge in [0, 0.05) is 5.92 Å². The Morgan fingerprint density at radius 2 is 1.91 bits per heavy atom. The van der Waals surface area contributed by atoms with E-state index in [4.69, 9.17) is 0 Å². The van der Waals surface area contributed by atoms with E-state index in [2.05, 4.69) is 13.8 Å². The molecule has 0 aromatic carbocycles. The van der Waals surface area contributed by atoms with Gasteiger partial charge in [-0.25, -0.2) is 0 Å². The van der Waals surface area contributed by atoms with Gasteiger partial charge in [0.25, 0.3) is 0 Å².